The zero-order chi connectivity index (χ0) is 11.5. The molecule has 0 aliphatic rings. The molecule has 1 aromatic rings. The fourth-order valence-corrected chi connectivity index (χ4v) is 1.88. The molecule has 3 N–H and O–H groups in total. The lowest BCUT2D eigenvalue weighted by Gasteiger charge is -2.09. The first-order valence-electron chi connectivity index (χ1n) is 4.07. The standard InChI is InChI=1S/C8H10ClNO4S/c9-6-1-2-8(15(12,13)14)7(5-6)10-3-4-11/h1-2,5,10-11H,3-4H2,(H,12,13,14). The van der Waals surface area contributed by atoms with Crippen LogP contribution in [0.2, 0.25) is 5.02 Å². The predicted molar refractivity (Wildman–Crippen MR) is 56.8 cm³/mol. The smallest absolute Gasteiger partial charge is 0.296 e. The Hall–Kier alpha value is -0.820. The van der Waals surface area contributed by atoms with Gasteiger partial charge in [0.05, 0.1) is 12.3 Å². The van der Waals surface area contributed by atoms with E-state index in [1.807, 2.05) is 0 Å². The zero-order valence-electron chi connectivity index (χ0n) is 7.64. The van der Waals surface area contributed by atoms with Gasteiger partial charge >= 0.3 is 0 Å². The highest BCUT2D eigenvalue weighted by Gasteiger charge is 2.15. The second-order valence-electron chi connectivity index (χ2n) is 2.77. The normalized spacial score (nSPS) is 11.4. The van der Waals surface area contributed by atoms with Crippen LogP contribution in [0.15, 0.2) is 23.1 Å². The maximum atomic E-state index is 10.9. The molecule has 0 heterocycles. The van der Waals surface area contributed by atoms with Crippen LogP contribution in [0.4, 0.5) is 5.69 Å². The summed E-state index contributed by atoms with van der Waals surface area (Å²) in [6, 6.07) is 3.91. The highest BCUT2D eigenvalue weighted by atomic mass is 35.5. The van der Waals surface area contributed by atoms with Crippen LogP contribution >= 0.6 is 11.6 Å². The Kier molecular flexibility index (Phi) is 3.92. The van der Waals surface area contributed by atoms with Gasteiger partial charge in [-0.05, 0) is 18.2 Å². The Morgan fingerprint density at radius 2 is 2.07 bits per heavy atom. The number of aliphatic hydroxyl groups is 1. The van der Waals surface area contributed by atoms with Gasteiger partial charge in [0.15, 0.2) is 0 Å². The predicted octanol–water partition coefficient (Wildman–Crippen LogP) is 0.991. The Morgan fingerprint density at radius 1 is 1.40 bits per heavy atom. The van der Waals surface area contributed by atoms with Crippen molar-refractivity contribution in [2.45, 2.75) is 4.90 Å². The van der Waals surface area contributed by atoms with Crippen molar-refractivity contribution in [2.24, 2.45) is 0 Å². The first-order chi connectivity index (χ1) is 6.95. The van der Waals surface area contributed by atoms with E-state index in [-0.39, 0.29) is 23.7 Å². The van der Waals surface area contributed by atoms with Crippen LogP contribution in [0.1, 0.15) is 0 Å². The van der Waals surface area contributed by atoms with Crippen LogP contribution in [0, 0.1) is 0 Å². The van der Waals surface area contributed by atoms with E-state index in [0.29, 0.717) is 5.02 Å². The number of nitrogens with one attached hydrogen (secondary N) is 1. The molecular formula is C8H10ClNO4S. The summed E-state index contributed by atoms with van der Waals surface area (Å²) < 4.78 is 30.8. The van der Waals surface area contributed by atoms with Crippen molar-refractivity contribution < 1.29 is 18.1 Å². The van der Waals surface area contributed by atoms with Crippen LogP contribution in [0.25, 0.3) is 0 Å². The van der Waals surface area contributed by atoms with Crippen molar-refractivity contribution in [3.8, 4) is 0 Å². The summed E-state index contributed by atoms with van der Waals surface area (Å²) in [5.74, 6) is 0. The van der Waals surface area contributed by atoms with Crippen LogP contribution in [-0.2, 0) is 10.1 Å². The highest BCUT2D eigenvalue weighted by molar-refractivity contribution is 7.86. The largest absolute Gasteiger partial charge is 0.395 e. The first kappa shape index (κ1) is 12.3. The van der Waals surface area contributed by atoms with Gasteiger partial charge in [-0.25, -0.2) is 0 Å². The molecule has 15 heavy (non-hydrogen) atoms. The summed E-state index contributed by atoms with van der Waals surface area (Å²) in [5, 5.41) is 11.6. The van der Waals surface area contributed by atoms with Gasteiger partial charge in [0.1, 0.15) is 4.90 Å². The molecule has 7 heteroatoms. The van der Waals surface area contributed by atoms with E-state index in [2.05, 4.69) is 5.32 Å². The van der Waals surface area contributed by atoms with E-state index >= 15 is 0 Å². The zero-order valence-corrected chi connectivity index (χ0v) is 9.22. The Bertz CT molecular complexity index is 446. The fourth-order valence-electron chi connectivity index (χ4n) is 1.06. The molecule has 0 saturated carbocycles. The van der Waals surface area contributed by atoms with Crippen LogP contribution < -0.4 is 5.32 Å². The summed E-state index contributed by atoms with van der Waals surface area (Å²) >= 11 is 5.67. The van der Waals surface area contributed by atoms with Crippen molar-refractivity contribution in [3.63, 3.8) is 0 Å². The Labute approximate surface area is 92.4 Å². The molecule has 1 rings (SSSR count). The molecule has 0 aliphatic heterocycles. The van der Waals surface area contributed by atoms with Gasteiger partial charge in [0.2, 0.25) is 0 Å². The minimum atomic E-state index is -4.28. The lowest BCUT2D eigenvalue weighted by Crippen LogP contribution is -2.10. The quantitative estimate of drug-likeness (QED) is 0.695. The maximum absolute atomic E-state index is 10.9. The average Bonchev–Trinajstić information content (AvgIpc) is 2.12. The molecular weight excluding hydrogens is 242 g/mol. The molecule has 0 bridgehead atoms. The van der Waals surface area contributed by atoms with E-state index in [1.54, 1.807) is 0 Å². The van der Waals surface area contributed by atoms with Crippen molar-refractivity contribution in [3.05, 3.63) is 23.2 Å². The second-order valence-corrected chi connectivity index (χ2v) is 4.59. The molecule has 0 spiro atoms. The SMILES string of the molecule is O=S(=O)(O)c1ccc(Cl)cc1NCCO. The third kappa shape index (κ3) is 3.35. The number of hydrogen-bond acceptors (Lipinski definition) is 4. The summed E-state index contributed by atoms with van der Waals surface area (Å²) in [7, 11) is -4.28. The van der Waals surface area contributed by atoms with E-state index in [1.165, 1.54) is 18.2 Å². The number of aliphatic hydroxyl groups excluding tert-OH is 1. The van der Waals surface area contributed by atoms with E-state index in [9.17, 15) is 8.42 Å². The summed E-state index contributed by atoms with van der Waals surface area (Å²) in [6.07, 6.45) is 0. The maximum Gasteiger partial charge on any atom is 0.296 e. The molecule has 0 amide bonds. The van der Waals surface area contributed by atoms with Gasteiger partial charge in [0.25, 0.3) is 10.1 Å². The average molecular weight is 252 g/mol. The lowest BCUT2D eigenvalue weighted by atomic mass is 10.3. The van der Waals surface area contributed by atoms with E-state index in [0.717, 1.165) is 0 Å². The van der Waals surface area contributed by atoms with E-state index in [4.69, 9.17) is 21.3 Å². The Morgan fingerprint density at radius 3 is 2.60 bits per heavy atom. The van der Waals surface area contributed by atoms with Gasteiger partial charge in [0, 0.05) is 11.6 Å². The van der Waals surface area contributed by atoms with Crippen LogP contribution in [0.5, 0.6) is 0 Å². The third-order valence-corrected chi connectivity index (χ3v) is 2.79. The minimum Gasteiger partial charge on any atom is -0.395 e. The van der Waals surface area contributed by atoms with Crippen molar-refractivity contribution in [1.29, 1.82) is 0 Å². The molecule has 0 radical (unpaired) electrons. The van der Waals surface area contributed by atoms with Gasteiger partial charge < -0.3 is 10.4 Å². The minimum absolute atomic E-state index is 0.155. The van der Waals surface area contributed by atoms with Crippen molar-refractivity contribution >= 4 is 27.4 Å². The third-order valence-electron chi connectivity index (χ3n) is 1.65. The molecule has 0 aliphatic carbocycles. The fraction of sp³-hybridized carbons (Fsp3) is 0.250. The molecule has 0 saturated heterocycles. The molecule has 0 aromatic heterocycles. The number of benzene rings is 1. The van der Waals surface area contributed by atoms with Gasteiger partial charge in [-0.3, -0.25) is 4.55 Å². The number of halogens is 1. The summed E-state index contributed by atoms with van der Waals surface area (Å²) in [6.45, 7) is 0.0142. The topological polar surface area (TPSA) is 86.6 Å². The molecule has 0 unspecified atom stereocenters. The molecule has 5 nitrogen and oxygen atoms in total. The second kappa shape index (κ2) is 4.80. The van der Waals surface area contributed by atoms with Gasteiger partial charge in [-0.15, -0.1) is 0 Å². The van der Waals surface area contributed by atoms with Gasteiger partial charge in [-0.1, -0.05) is 11.6 Å². The Balaban J connectivity index is 3.15. The molecule has 0 atom stereocenters. The van der Waals surface area contributed by atoms with Crippen molar-refractivity contribution in [1.82, 2.24) is 0 Å². The highest BCUT2D eigenvalue weighted by Crippen LogP contribution is 2.24. The summed E-state index contributed by atoms with van der Waals surface area (Å²) in [5.41, 5.74) is 0.166. The van der Waals surface area contributed by atoms with Gasteiger partial charge in [-0.2, -0.15) is 8.42 Å². The lowest BCUT2D eigenvalue weighted by molar-refractivity contribution is 0.311. The number of anilines is 1. The summed E-state index contributed by atoms with van der Waals surface area (Å²) in [4.78, 5) is -0.264. The molecule has 0 fully saturated rings. The molecule has 84 valence electrons. The molecule has 1 aromatic carbocycles. The number of rotatable bonds is 4. The van der Waals surface area contributed by atoms with Crippen LogP contribution in [-0.4, -0.2) is 31.2 Å². The number of hydrogen-bond donors (Lipinski definition) is 3. The first-order valence-corrected chi connectivity index (χ1v) is 5.88. The van der Waals surface area contributed by atoms with Crippen molar-refractivity contribution in [2.75, 3.05) is 18.5 Å². The van der Waals surface area contributed by atoms with Crippen LogP contribution in [0.3, 0.4) is 0 Å². The monoisotopic (exact) mass is 251 g/mol. The van der Waals surface area contributed by atoms with E-state index < -0.39 is 10.1 Å².